The Kier molecular flexibility index (Phi) is 7.11. The summed E-state index contributed by atoms with van der Waals surface area (Å²) in [7, 11) is 1.61. The molecular weight excluding hydrogens is 542 g/mol. The van der Waals surface area contributed by atoms with Crippen LogP contribution in [0.2, 0.25) is 0 Å². The smallest absolute Gasteiger partial charge is 0.264 e. The lowest BCUT2D eigenvalue weighted by Crippen LogP contribution is -2.19. The van der Waals surface area contributed by atoms with Crippen molar-refractivity contribution in [3.05, 3.63) is 92.1 Å². The van der Waals surface area contributed by atoms with Crippen molar-refractivity contribution in [1.82, 2.24) is 5.32 Å². The van der Waals surface area contributed by atoms with E-state index in [0.717, 1.165) is 26.1 Å². The number of amidine groups is 1. The quantitative estimate of drug-likeness (QED) is 0.301. The van der Waals surface area contributed by atoms with Crippen LogP contribution in [-0.4, -0.2) is 18.2 Å². The van der Waals surface area contributed by atoms with Crippen molar-refractivity contribution < 1.29 is 18.7 Å². The summed E-state index contributed by atoms with van der Waals surface area (Å²) in [6.45, 7) is 0.275. The molecule has 0 aromatic heterocycles. The minimum absolute atomic E-state index is 0.191. The molecule has 1 fully saturated rings. The molecule has 0 atom stereocenters. The predicted molar refractivity (Wildman–Crippen MR) is 134 cm³/mol. The lowest BCUT2D eigenvalue weighted by atomic mass is 10.2. The highest BCUT2D eigenvalue weighted by Gasteiger charge is 2.23. The van der Waals surface area contributed by atoms with E-state index in [4.69, 9.17) is 9.47 Å². The molecule has 8 heteroatoms. The Balaban J connectivity index is 1.44. The molecule has 3 aromatic rings. The van der Waals surface area contributed by atoms with E-state index >= 15 is 0 Å². The van der Waals surface area contributed by atoms with Gasteiger partial charge < -0.3 is 14.8 Å². The second kappa shape index (κ2) is 10.2. The van der Waals surface area contributed by atoms with Gasteiger partial charge in [-0.2, -0.15) is 0 Å². The summed E-state index contributed by atoms with van der Waals surface area (Å²) in [4.78, 5) is 17.4. The minimum atomic E-state index is -0.287. The fourth-order valence-corrected chi connectivity index (χ4v) is 4.45. The molecule has 0 spiro atoms. The van der Waals surface area contributed by atoms with E-state index < -0.39 is 0 Å². The predicted octanol–water partition coefficient (Wildman–Crippen LogP) is 5.91. The Morgan fingerprint density at radius 2 is 1.94 bits per heavy atom. The first-order valence-corrected chi connectivity index (χ1v) is 11.5. The van der Waals surface area contributed by atoms with Crippen LogP contribution in [0.4, 0.5) is 10.1 Å². The van der Waals surface area contributed by atoms with Crippen molar-refractivity contribution in [2.45, 2.75) is 6.61 Å². The van der Waals surface area contributed by atoms with Gasteiger partial charge in [0.25, 0.3) is 5.91 Å². The molecule has 1 heterocycles. The molecule has 5 nitrogen and oxygen atoms in total. The number of hydrogen-bond acceptors (Lipinski definition) is 5. The molecule has 0 unspecified atom stereocenters. The van der Waals surface area contributed by atoms with Crippen LogP contribution in [0.5, 0.6) is 11.5 Å². The van der Waals surface area contributed by atoms with E-state index in [0.29, 0.717) is 15.8 Å². The summed E-state index contributed by atoms with van der Waals surface area (Å²) in [5, 5.41) is 3.31. The normalized spacial score (nSPS) is 15.8. The number of carbonyl (C=O) groups excluding carboxylic acids is 1. The number of halogens is 2. The first-order valence-electron chi connectivity index (χ1n) is 9.60. The molecule has 4 rings (SSSR count). The number of benzene rings is 3. The van der Waals surface area contributed by atoms with Gasteiger partial charge in [0, 0.05) is 0 Å². The van der Waals surface area contributed by atoms with E-state index in [2.05, 4.69) is 32.9 Å². The molecule has 0 bridgehead atoms. The number of ether oxygens (including phenoxy) is 2. The molecule has 1 saturated heterocycles. The Morgan fingerprint density at radius 3 is 2.66 bits per heavy atom. The van der Waals surface area contributed by atoms with E-state index in [-0.39, 0.29) is 18.3 Å². The Hall–Kier alpha value is -2.85. The van der Waals surface area contributed by atoms with Crippen LogP contribution < -0.4 is 14.8 Å². The van der Waals surface area contributed by atoms with Crippen molar-refractivity contribution in [2.75, 3.05) is 7.11 Å². The highest BCUT2D eigenvalue weighted by atomic mass is 127. The lowest BCUT2D eigenvalue weighted by Gasteiger charge is -2.09. The van der Waals surface area contributed by atoms with Gasteiger partial charge in [0.15, 0.2) is 5.17 Å². The maximum absolute atomic E-state index is 13.3. The second-order valence-electron chi connectivity index (χ2n) is 6.79. The fraction of sp³-hybridized carbons (Fsp3) is 0.0833. The van der Waals surface area contributed by atoms with Crippen molar-refractivity contribution in [3.63, 3.8) is 0 Å². The van der Waals surface area contributed by atoms with E-state index in [1.807, 2.05) is 54.6 Å². The summed E-state index contributed by atoms with van der Waals surface area (Å²) in [5.74, 6) is 0.964. The van der Waals surface area contributed by atoms with Gasteiger partial charge in [-0.25, -0.2) is 9.38 Å². The molecular formula is C24H18FIN2O3S. The fourth-order valence-electron chi connectivity index (χ4n) is 2.92. The Bertz CT molecular complexity index is 1210. The van der Waals surface area contributed by atoms with E-state index in [1.54, 1.807) is 13.2 Å². The number of methoxy groups -OCH3 is 1. The molecule has 1 aliphatic rings. The Morgan fingerprint density at radius 1 is 1.12 bits per heavy atom. The average Bonchev–Trinajstić information content (AvgIpc) is 3.12. The van der Waals surface area contributed by atoms with Crippen molar-refractivity contribution in [3.8, 4) is 11.5 Å². The van der Waals surface area contributed by atoms with Crippen molar-refractivity contribution >= 4 is 57.2 Å². The van der Waals surface area contributed by atoms with Crippen LogP contribution in [0.3, 0.4) is 0 Å². The van der Waals surface area contributed by atoms with Crippen LogP contribution in [0, 0.1) is 9.39 Å². The molecule has 0 aliphatic carbocycles. The molecule has 0 saturated carbocycles. The zero-order chi connectivity index (χ0) is 22.5. The Labute approximate surface area is 202 Å². The van der Waals surface area contributed by atoms with Gasteiger partial charge in [0.2, 0.25) is 0 Å². The number of rotatable bonds is 6. The first-order chi connectivity index (χ1) is 15.5. The van der Waals surface area contributed by atoms with Gasteiger partial charge in [-0.05, 0) is 100 Å². The van der Waals surface area contributed by atoms with Crippen molar-refractivity contribution in [1.29, 1.82) is 0 Å². The number of hydrogen-bond donors (Lipinski definition) is 1. The molecule has 162 valence electrons. The molecule has 1 aliphatic heterocycles. The lowest BCUT2D eigenvalue weighted by molar-refractivity contribution is -0.115. The average molecular weight is 560 g/mol. The number of carbonyl (C=O) groups is 1. The second-order valence-corrected chi connectivity index (χ2v) is 8.98. The van der Waals surface area contributed by atoms with Gasteiger partial charge >= 0.3 is 0 Å². The van der Waals surface area contributed by atoms with Crippen LogP contribution in [0.25, 0.3) is 6.08 Å². The van der Waals surface area contributed by atoms with E-state index in [9.17, 15) is 9.18 Å². The number of amides is 1. The third-order valence-electron chi connectivity index (χ3n) is 4.49. The zero-order valence-corrected chi connectivity index (χ0v) is 19.9. The van der Waals surface area contributed by atoms with Crippen LogP contribution in [-0.2, 0) is 11.4 Å². The summed E-state index contributed by atoms with van der Waals surface area (Å²) >= 11 is 3.47. The standard InChI is InChI=1S/C24H18FIN2O3S/c1-30-19-8-6-18(7-9-19)27-24-28-23(29)22(32-24)13-15-5-10-21(20(26)12-15)31-14-16-3-2-4-17(25)11-16/h2-13H,14H2,1H3,(H,27,28,29)/b22-13+. The molecule has 32 heavy (non-hydrogen) atoms. The van der Waals surface area contributed by atoms with E-state index in [1.165, 1.54) is 23.9 Å². The molecule has 1 amide bonds. The first kappa shape index (κ1) is 22.3. The number of thioether (sulfide) groups is 1. The molecule has 3 aromatic carbocycles. The number of nitrogens with zero attached hydrogens (tertiary/aromatic N) is 1. The maximum atomic E-state index is 13.3. The van der Waals surface area contributed by atoms with Gasteiger partial charge in [0.1, 0.15) is 23.9 Å². The maximum Gasteiger partial charge on any atom is 0.264 e. The minimum Gasteiger partial charge on any atom is -0.497 e. The number of aliphatic imine (C=N–C) groups is 1. The highest BCUT2D eigenvalue weighted by molar-refractivity contribution is 14.1. The van der Waals surface area contributed by atoms with Gasteiger partial charge in [-0.15, -0.1) is 0 Å². The molecule has 1 N–H and O–H groups in total. The summed E-state index contributed by atoms with van der Waals surface area (Å²) in [5.41, 5.74) is 2.36. The van der Waals surface area contributed by atoms with Gasteiger partial charge in [-0.1, -0.05) is 18.2 Å². The zero-order valence-electron chi connectivity index (χ0n) is 17.0. The van der Waals surface area contributed by atoms with Gasteiger partial charge in [0.05, 0.1) is 21.3 Å². The van der Waals surface area contributed by atoms with Crippen LogP contribution >= 0.6 is 34.4 Å². The largest absolute Gasteiger partial charge is 0.497 e. The third-order valence-corrected chi connectivity index (χ3v) is 6.24. The monoisotopic (exact) mass is 560 g/mol. The van der Waals surface area contributed by atoms with Crippen LogP contribution in [0.15, 0.2) is 76.6 Å². The highest BCUT2D eigenvalue weighted by Crippen LogP contribution is 2.30. The third kappa shape index (κ3) is 5.68. The summed E-state index contributed by atoms with van der Waals surface area (Å²) in [6.07, 6.45) is 1.81. The number of nitrogens with one attached hydrogen (secondary N) is 1. The topological polar surface area (TPSA) is 59.9 Å². The summed E-state index contributed by atoms with van der Waals surface area (Å²) < 4.78 is 25.2. The van der Waals surface area contributed by atoms with Crippen LogP contribution in [0.1, 0.15) is 11.1 Å². The summed E-state index contributed by atoms with van der Waals surface area (Å²) in [6, 6.07) is 19.3. The molecule has 0 radical (unpaired) electrons. The SMILES string of the molecule is COc1ccc(N=C2NC(=O)/C(=C\c3ccc(OCc4cccc(F)c4)c(I)c3)S2)cc1. The van der Waals surface area contributed by atoms with Gasteiger partial charge in [-0.3, -0.25) is 4.79 Å². The van der Waals surface area contributed by atoms with Crippen molar-refractivity contribution in [2.24, 2.45) is 4.99 Å².